The number of likely N-dealkylation sites (tertiary alicyclic amines) is 2. The Morgan fingerprint density at radius 3 is 2.03 bits per heavy atom. The Bertz CT molecular complexity index is 2980. The molecule has 8 aromatic rings. The van der Waals surface area contributed by atoms with E-state index in [2.05, 4.69) is 15.1 Å². The summed E-state index contributed by atoms with van der Waals surface area (Å²) in [7, 11) is 1.90. The zero-order valence-corrected chi connectivity index (χ0v) is 35.8. The van der Waals surface area contributed by atoms with E-state index >= 15 is 0 Å². The average molecular weight is 840 g/mol. The predicted molar refractivity (Wildman–Crippen MR) is 244 cm³/mol. The molecule has 2 amide bonds. The predicted octanol–water partition coefficient (Wildman–Crippen LogP) is 9.21. The van der Waals surface area contributed by atoms with Crippen molar-refractivity contribution >= 4 is 50.6 Å². The van der Waals surface area contributed by atoms with E-state index in [9.17, 15) is 14.4 Å². The lowest BCUT2D eigenvalue weighted by Crippen LogP contribution is -2.35. The number of piperidine rings is 2. The molecule has 0 radical (unpaired) electrons. The number of ether oxygens (including phenoxy) is 1. The number of fused-ring (bicyclic) bond motifs is 3. The minimum absolute atomic E-state index is 0.0552. The van der Waals surface area contributed by atoms with Gasteiger partial charge in [-0.25, -0.2) is 19.7 Å². The SMILES string of the molecule is CCOC(=O)c1[nH]c2ccc(-c3cnc4ccc(C(=O)N5CCCCC5)cc4n3)cc2c1C.Cn1nccc1-c1nc(-c2ccccc2)nc2cc(C(=O)N3CCCCC3)ccc12. The quantitative estimate of drug-likeness (QED) is 0.155. The largest absolute Gasteiger partial charge is 0.461 e. The summed E-state index contributed by atoms with van der Waals surface area (Å²) >= 11 is 0. The summed E-state index contributed by atoms with van der Waals surface area (Å²) in [5, 5.41) is 6.15. The van der Waals surface area contributed by atoms with Gasteiger partial charge in [0.05, 0.1) is 40.7 Å². The number of H-pyrrole nitrogens is 1. The van der Waals surface area contributed by atoms with Crippen LogP contribution in [-0.2, 0) is 11.8 Å². The Kier molecular flexibility index (Phi) is 11.7. The molecule has 0 saturated carbocycles. The molecule has 4 aromatic heterocycles. The number of rotatable bonds is 7. The number of benzene rings is 4. The molecular weight excluding hydrogens is 791 g/mol. The van der Waals surface area contributed by atoms with Crippen LogP contribution in [0.25, 0.3) is 66.9 Å². The standard InChI is InChI=1S/C26H26N4O3.C24H23N5O/c1-3-33-26(32)24-16(2)19-13-17(7-9-20(19)29-24)23-15-27-21-10-8-18(14-22(21)28-23)25(31)30-11-5-4-6-12-30;1-28-21(12-13-25-28)22-19-11-10-18(24(30)29-14-6-3-7-15-29)16-20(19)26-23(27-22)17-8-4-2-5-9-17/h7-10,13-15,29H,3-6,11-12H2,1-2H3;2,4-5,8-13,16H,3,6-7,14-15H2,1H3. The first-order valence-electron chi connectivity index (χ1n) is 21.8. The van der Waals surface area contributed by atoms with Gasteiger partial charge in [-0.05, 0) is 113 Å². The molecule has 6 heterocycles. The number of amides is 2. The summed E-state index contributed by atoms with van der Waals surface area (Å²) in [4.78, 5) is 64.3. The molecule has 4 aromatic carbocycles. The lowest BCUT2D eigenvalue weighted by molar-refractivity contribution is 0.0519. The Morgan fingerprint density at radius 2 is 1.37 bits per heavy atom. The molecule has 2 saturated heterocycles. The maximum atomic E-state index is 13.0. The second-order valence-corrected chi connectivity index (χ2v) is 16.1. The molecule has 10 rings (SSSR count). The van der Waals surface area contributed by atoms with E-state index in [0.717, 1.165) is 107 Å². The summed E-state index contributed by atoms with van der Waals surface area (Å²) < 4.78 is 6.96. The molecule has 2 aliphatic heterocycles. The summed E-state index contributed by atoms with van der Waals surface area (Å²) in [5.41, 5.74) is 9.97. The van der Waals surface area contributed by atoms with Crippen LogP contribution in [0.2, 0.25) is 0 Å². The maximum absolute atomic E-state index is 13.0. The fourth-order valence-electron chi connectivity index (χ4n) is 8.52. The van der Waals surface area contributed by atoms with Crippen LogP contribution in [-0.4, -0.2) is 95.1 Å². The smallest absolute Gasteiger partial charge is 0.355 e. The van der Waals surface area contributed by atoms with Crippen LogP contribution in [0.3, 0.4) is 0 Å². The van der Waals surface area contributed by atoms with E-state index in [1.807, 2.05) is 119 Å². The van der Waals surface area contributed by atoms with E-state index in [0.29, 0.717) is 40.5 Å². The van der Waals surface area contributed by atoms with E-state index in [-0.39, 0.29) is 17.8 Å². The van der Waals surface area contributed by atoms with Gasteiger partial charge in [0.1, 0.15) is 11.4 Å². The lowest BCUT2D eigenvalue weighted by Gasteiger charge is -2.26. The van der Waals surface area contributed by atoms with Crippen molar-refractivity contribution in [2.45, 2.75) is 52.4 Å². The molecule has 0 spiro atoms. The normalized spacial score (nSPS) is 14.1. The van der Waals surface area contributed by atoms with Crippen LogP contribution in [0.1, 0.15) is 82.2 Å². The molecule has 0 atom stereocenters. The number of carbonyl (C=O) groups is 3. The van der Waals surface area contributed by atoms with Crippen molar-refractivity contribution in [3.8, 4) is 34.0 Å². The highest BCUT2D eigenvalue weighted by Crippen LogP contribution is 2.31. The van der Waals surface area contributed by atoms with Crippen molar-refractivity contribution in [2.75, 3.05) is 32.8 Å². The number of aromatic nitrogens is 7. The van der Waals surface area contributed by atoms with Gasteiger partial charge >= 0.3 is 5.97 Å². The van der Waals surface area contributed by atoms with Gasteiger partial charge in [0, 0.05) is 78.0 Å². The lowest BCUT2D eigenvalue weighted by atomic mass is 10.0. The van der Waals surface area contributed by atoms with Gasteiger partial charge in [-0.15, -0.1) is 0 Å². The zero-order valence-electron chi connectivity index (χ0n) is 35.8. The maximum Gasteiger partial charge on any atom is 0.355 e. The first-order valence-corrected chi connectivity index (χ1v) is 21.8. The van der Waals surface area contributed by atoms with Gasteiger partial charge in [-0.2, -0.15) is 5.10 Å². The number of carbonyl (C=O) groups excluding carboxylic acids is 3. The molecule has 318 valence electrons. The highest BCUT2D eigenvalue weighted by atomic mass is 16.5. The molecule has 13 nitrogen and oxygen atoms in total. The third kappa shape index (κ3) is 8.51. The van der Waals surface area contributed by atoms with Gasteiger partial charge in [-0.3, -0.25) is 19.3 Å². The van der Waals surface area contributed by atoms with Crippen molar-refractivity contribution < 1.29 is 19.1 Å². The van der Waals surface area contributed by atoms with Crippen molar-refractivity contribution in [3.05, 3.63) is 126 Å². The Labute approximate surface area is 365 Å². The summed E-state index contributed by atoms with van der Waals surface area (Å²) in [6, 6.07) is 29.0. The summed E-state index contributed by atoms with van der Waals surface area (Å²) in [5.74, 6) is 0.421. The third-order valence-corrected chi connectivity index (χ3v) is 11.9. The van der Waals surface area contributed by atoms with Crippen LogP contribution in [0, 0.1) is 6.92 Å². The van der Waals surface area contributed by atoms with Crippen molar-refractivity contribution in [1.29, 1.82) is 0 Å². The molecule has 2 fully saturated rings. The Hall–Kier alpha value is -7.28. The minimum atomic E-state index is -0.357. The van der Waals surface area contributed by atoms with Crippen LogP contribution in [0.4, 0.5) is 0 Å². The number of hydrogen-bond donors (Lipinski definition) is 1. The van der Waals surface area contributed by atoms with Crippen LogP contribution in [0.15, 0.2) is 103 Å². The van der Waals surface area contributed by atoms with Gasteiger partial charge in [0.2, 0.25) is 0 Å². The van der Waals surface area contributed by atoms with Crippen LogP contribution in [0.5, 0.6) is 0 Å². The summed E-state index contributed by atoms with van der Waals surface area (Å²) in [6.07, 6.45) is 10.1. The molecule has 0 bridgehead atoms. The first-order chi connectivity index (χ1) is 30.7. The number of esters is 1. The number of nitrogens with zero attached hydrogens (tertiary/aromatic N) is 8. The van der Waals surface area contributed by atoms with Crippen molar-refractivity contribution in [1.82, 2.24) is 44.5 Å². The monoisotopic (exact) mass is 839 g/mol. The van der Waals surface area contributed by atoms with Crippen LogP contribution >= 0.6 is 0 Å². The zero-order chi connectivity index (χ0) is 43.5. The van der Waals surface area contributed by atoms with Gasteiger partial charge in [0.25, 0.3) is 11.8 Å². The molecule has 1 N–H and O–H groups in total. The van der Waals surface area contributed by atoms with Gasteiger partial charge in [-0.1, -0.05) is 36.4 Å². The number of nitrogens with one attached hydrogen (secondary N) is 1. The van der Waals surface area contributed by atoms with Crippen molar-refractivity contribution in [3.63, 3.8) is 0 Å². The van der Waals surface area contributed by atoms with E-state index in [1.54, 1.807) is 19.3 Å². The average Bonchev–Trinajstić information content (AvgIpc) is 3.92. The molecule has 2 aliphatic rings. The fourth-order valence-corrected chi connectivity index (χ4v) is 8.52. The van der Waals surface area contributed by atoms with Crippen molar-refractivity contribution in [2.24, 2.45) is 7.05 Å². The Morgan fingerprint density at radius 1 is 0.683 bits per heavy atom. The summed E-state index contributed by atoms with van der Waals surface area (Å²) in [6.45, 7) is 7.30. The van der Waals surface area contributed by atoms with E-state index in [1.165, 1.54) is 12.8 Å². The molecule has 0 aliphatic carbocycles. The highest BCUT2D eigenvalue weighted by molar-refractivity contribution is 6.02. The third-order valence-electron chi connectivity index (χ3n) is 11.9. The van der Waals surface area contributed by atoms with E-state index < -0.39 is 0 Å². The van der Waals surface area contributed by atoms with E-state index in [4.69, 9.17) is 19.7 Å². The Balaban J connectivity index is 0.000000161. The second-order valence-electron chi connectivity index (χ2n) is 16.1. The number of aryl methyl sites for hydroxylation is 2. The minimum Gasteiger partial charge on any atom is -0.461 e. The first kappa shape index (κ1) is 41.1. The van der Waals surface area contributed by atoms with Crippen LogP contribution < -0.4 is 0 Å². The second kappa shape index (κ2) is 18.0. The highest BCUT2D eigenvalue weighted by Gasteiger charge is 2.22. The van der Waals surface area contributed by atoms with Gasteiger partial charge < -0.3 is 19.5 Å². The topological polar surface area (TPSA) is 152 Å². The molecule has 63 heavy (non-hydrogen) atoms. The molecule has 0 unspecified atom stereocenters. The number of aromatic amines is 1. The number of hydrogen-bond acceptors (Lipinski definition) is 9. The molecule has 13 heteroatoms. The van der Waals surface area contributed by atoms with Gasteiger partial charge in [0.15, 0.2) is 5.82 Å². The fraction of sp³-hybridized carbons (Fsp3) is 0.280. The molecular formula is C50H49N9O4.